The Hall–Kier alpha value is -2.58. The van der Waals surface area contributed by atoms with E-state index in [1.165, 1.54) is 0 Å². The van der Waals surface area contributed by atoms with Gasteiger partial charge in [0, 0.05) is 5.56 Å². The maximum Gasteiger partial charge on any atom is 0.339 e. The Morgan fingerprint density at radius 1 is 1.06 bits per heavy atom. The lowest BCUT2D eigenvalue weighted by Crippen LogP contribution is -2.53. The molecule has 0 spiro atoms. The number of aryl methyl sites for hydroxylation is 1. The summed E-state index contributed by atoms with van der Waals surface area (Å²) in [4.78, 5) is 12.7. The van der Waals surface area contributed by atoms with Crippen LogP contribution < -0.4 is 14.3 Å². The van der Waals surface area contributed by atoms with Crippen LogP contribution in [0.2, 0.25) is 0 Å². The summed E-state index contributed by atoms with van der Waals surface area (Å²) in [6.45, 7) is 9.44. The first-order valence-electron chi connectivity index (χ1n) is 11.1. The maximum absolute atomic E-state index is 12.9. The lowest BCUT2D eigenvalue weighted by atomic mass is 9.85. The van der Waals surface area contributed by atoms with Crippen LogP contribution in [0, 0.1) is 27.7 Å². The van der Waals surface area contributed by atoms with Crippen molar-refractivity contribution < 1.29 is 26.7 Å². The molecule has 0 bridgehead atoms. The summed E-state index contributed by atoms with van der Waals surface area (Å²) in [6.07, 6.45) is 1.54. The molecule has 1 atom stereocenters. The largest absolute Gasteiger partial charge is 0.486 e. The van der Waals surface area contributed by atoms with E-state index in [-0.39, 0.29) is 17.2 Å². The monoisotopic (exact) mass is 475 g/mol. The van der Waals surface area contributed by atoms with Crippen molar-refractivity contribution in [1.82, 2.24) is 5.43 Å². The SMILES string of the molecule is Cc1ccc(S(=O)(=O)Oc2c(C)c(C)c3c(c2C)CCC(C)(CC(=O)N[N+](C)(C)C)O3)cc1. The van der Waals surface area contributed by atoms with Crippen LogP contribution in [-0.4, -0.2) is 45.7 Å². The Bertz CT molecular complexity index is 1180. The standard InChI is InChI=1S/C25H34N2O5S/c1-16-9-11-20(12-10-16)33(29,30)32-23-17(2)18(3)24-21(19(23)4)13-14-25(5,31-24)15-22(28)26-27(6,7)8/h9-12H,13-15H2,1-8H3/p+1. The summed E-state index contributed by atoms with van der Waals surface area (Å²) in [5.74, 6) is 0.988. The van der Waals surface area contributed by atoms with Crippen molar-refractivity contribution >= 4 is 16.0 Å². The number of nitrogens with zero attached hydrogens (tertiary/aromatic N) is 1. The average molecular weight is 476 g/mol. The van der Waals surface area contributed by atoms with Gasteiger partial charge in [0.25, 0.3) is 5.91 Å². The number of nitrogens with one attached hydrogen (secondary N) is 1. The predicted octanol–water partition coefficient (Wildman–Crippen LogP) is 3.90. The summed E-state index contributed by atoms with van der Waals surface area (Å²) >= 11 is 0. The highest BCUT2D eigenvalue weighted by atomic mass is 32.2. The van der Waals surface area contributed by atoms with E-state index in [9.17, 15) is 13.2 Å². The number of carbonyl (C=O) groups excluding carboxylic acids is 1. The van der Waals surface area contributed by atoms with Gasteiger partial charge >= 0.3 is 10.1 Å². The van der Waals surface area contributed by atoms with Crippen LogP contribution in [0.1, 0.15) is 47.6 Å². The van der Waals surface area contributed by atoms with Crippen LogP contribution in [-0.2, 0) is 21.3 Å². The molecule has 0 fully saturated rings. The molecule has 2 aromatic carbocycles. The lowest BCUT2D eigenvalue weighted by Gasteiger charge is -2.38. The van der Waals surface area contributed by atoms with Crippen molar-refractivity contribution in [2.24, 2.45) is 0 Å². The minimum absolute atomic E-state index is 0.0799. The van der Waals surface area contributed by atoms with E-state index in [0.29, 0.717) is 28.7 Å². The smallest absolute Gasteiger partial charge is 0.339 e. The molecule has 3 rings (SSSR count). The van der Waals surface area contributed by atoms with Crippen molar-refractivity contribution in [3.05, 3.63) is 52.1 Å². The third-order valence-corrected chi connectivity index (χ3v) is 7.30. The third-order valence-electron chi connectivity index (χ3n) is 6.06. The van der Waals surface area contributed by atoms with Gasteiger partial charge in [0.1, 0.15) is 22.0 Å². The van der Waals surface area contributed by atoms with Crippen molar-refractivity contribution in [3.8, 4) is 11.5 Å². The van der Waals surface area contributed by atoms with Crippen molar-refractivity contribution in [1.29, 1.82) is 0 Å². The summed E-state index contributed by atoms with van der Waals surface area (Å²) in [5.41, 5.74) is 6.48. The predicted molar refractivity (Wildman–Crippen MR) is 128 cm³/mol. The third kappa shape index (κ3) is 5.50. The number of quaternary nitrogens is 1. The van der Waals surface area contributed by atoms with Crippen LogP contribution in [0.4, 0.5) is 0 Å². The van der Waals surface area contributed by atoms with Crippen LogP contribution in [0.3, 0.4) is 0 Å². The van der Waals surface area contributed by atoms with E-state index in [1.54, 1.807) is 24.3 Å². The molecule has 1 heterocycles. The number of hydrogen-bond acceptors (Lipinski definition) is 5. The van der Waals surface area contributed by atoms with Crippen molar-refractivity contribution in [2.45, 2.75) is 64.4 Å². The maximum atomic E-state index is 12.9. The summed E-state index contributed by atoms with van der Waals surface area (Å²) < 4.78 is 38.3. The summed E-state index contributed by atoms with van der Waals surface area (Å²) in [6, 6.07) is 6.60. The average Bonchev–Trinajstić information content (AvgIpc) is 2.68. The molecule has 1 N–H and O–H groups in total. The van der Waals surface area contributed by atoms with Crippen LogP contribution in [0.5, 0.6) is 11.5 Å². The van der Waals surface area contributed by atoms with E-state index in [1.807, 2.05) is 55.8 Å². The molecule has 1 unspecified atom stereocenters. The summed E-state index contributed by atoms with van der Waals surface area (Å²) in [7, 11) is 1.70. The second-order valence-corrected chi connectivity index (χ2v) is 11.7. The minimum Gasteiger partial charge on any atom is -0.486 e. The fraction of sp³-hybridized carbons (Fsp3) is 0.480. The topological polar surface area (TPSA) is 81.7 Å². The zero-order valence-electron chi connectivity index (χ0n) is 20.8. The Morgan fingerprint density at radius 3 is 2.24 bits per heavy atom. The zero-order valence-corrected chi connectivity index (χ0v) is 21.6. The molecule has 0 radical (unpaired) electrons. The van der Waals surface area contributed by atoms with Gasteiger partial charge in [-0.25, -0.2) is 10.0 Å². The normalized spacial score (nSPS) is 18.3. The molecule has 1 amide bonds. The Labute approximate surface area is 197 Å². The minimum atomic E-state index is -3.97. The van der Waals surface area contributed by atoms with Gasteiger partial charge in [-0.05, 0) is 76.3 Å². The molecule has 0 aromatic heterocycles. The number of fused-ring (bicyclic) bond motifs is 1. The van der Waals surface area contributed by atoms with E-state index >= 15 is 0 Å². The lowest BCUT2D eigenvalue weighted by molar-refractivity contribution is -0.906. The van der Waals surface area contributed by atoms with Gasteiger partial charge in [0.05, 0.1) is 27.6 Å². The van der Waals surface area contributed by atoms with Crippen LogP contribution in [0.25, 0.3) is 0 Å². The molecule has 33 heavy (non-hydrogen) atoms. The highest BCUT2D eigenvalue weighted by Crippen LogP contribution is 2.45. The Morgan fingerprint density at radius 2 is 1.67 bits per heavy atom. The quantitative estimate of drug-likeness (QED) is 0.389. The highest BCUT2D eigenvalue weighted by Gasteiger charge is 2.38. The summed E-state index contributed by atoms with van der Waals surface area (Å²) in [5, 5.41) is 0. The van der Waals surface area contributed by atoms with E-state index < -0.39 is 15.7 Å². The molecule has 180 valence electrons. The molecule has 0 saturated carbocycles. The van der Waals surface area contributed by atoms with Crippen molar-refractivity contribution in [2.75, 3.05) is 21.1 Å². The molecule has 1 aliphatic rings. The number of amides is 1. The van der Waals surface area contributed by atoms with Crippen molar-refractivity contribution in [3.63, 3.8) is 0 Å². The van der Waals surface area contributed by atoms with Gasteiger partial charge < -0.3 is 8.92 Å². The fourth-order valence-corrected chi connectivity index (χ4v) is 5.18. The van der Waals surface area contributed by atoms with Gasteiger partial charge in [0.15, 0.2) is 0 Å². The molecule has 7 nitrogen and oxygen atoms in total. The van der Waals surface area contributed by atoms with Gasteiger partial charge in [-0.2, -0.15) is 8.42 Å². The number of ether oxygens (including phenoxy) is 1. The van der Waals surface area contributed by atoms with Crippen LogP contribution >= 0.6 is 0 Å². The first-order chi connectivity index (χ1) is 15.1. The number of rotatable bonds is 6. The first kappa shape index (κ1) is 25.1. The van der Waals surface area contributed by atoms with E-state index in [0.717, 1.165) is 28.0 Å². The Balaban J connectivity index is 1.92. The van der Waals surface area contributed by atoms with Crippen LogP contribution in [0.15, 0.2) is 29.2 Å². The van der Waals surface area contributed by atoms with E-state index in [2.05, 4.69) is 5.43 Å². The number of hydrogen-bond donors (Lipinski definition) is 1. The van der Waals surface area contributed by atoms with Gasteiger partial charge in [0.2, 0.25) is 0 Å². The van der Waals surface area contributed by atoms with Gasteiger partial charge in [-0.3, -0.25) is 4.79 Å². The van der Waals surface area contributed by atoms with Gasteiger partial charge in [-0.15, -0.1) is 0 Å². The van der Waals surface area contributed by atoms with E-state index in [4.69, 9.17) is 8.92 Å². The molecule has 0 saturated heterocycles. The molecular formula is C25H35N2O5S+. The molecule has 1 aliphatic heterocycles. The molecule has 2 aromatic rings. The number of benzene rings is 2. The zero-order chi connectivity index (χ0) is 24.8. The molecule has 8 heteroatoms. The molecular weight excluding hydrogens is 440 g/mol. The van der Waals surface area contributed by atoms with Gasteiger partial charge in [-0.1, -0.05) is 17.7 Å². The fourth-order valence-electron chi connectivity index (χ4n) is 4.15. The first-order valence-corrected chi connectivity index (χ1v) is 12.5. The number of carbonyl (C=O) groups is 1. The Kier molecular flexibility index (Phi) is 6.56. The highest BCUT2D eigenvalue weighted by molar-refractivity contribution is 7.87. The molecule has 0 aliphatic carbocycles. The second kappa shape index (κ2) is 8.65. The second-order valence-electron chi connectivity index (χ2n) is 10.1.